The number of carbonyl (C=O) groups is 1. The van der Waals surface area contributed by atoms with Gasteiger partial charge in [0.25, 0.3) is 5.91 Å². The summed E-state index contributed by atoms with van der Waals surface area (Å²) in [4.78, 5) is 13.7. The van der Waals surface area contributed by atoms with Crippen molar-refractivity contribution in [3.05, 3.63) is 35.4 Å². The van der Waals surface area contributed by atoms with Crippen LogP contribution in [-0.2, 0) is 6.18 Å². The predicted octanol–water partition coefficient (Wildman–Crippen LogP) is 2.14. The molecule has 1 N–H and O–H groups in total. The van der Waals surface area contributed by atoms with E-state index in [2.05, 4.69) is 5.32 Å². The average Bonchev–Trinajstić information content (AvgIpc) is 2.90. The molecule has 1 aromatic carbocycles. The largest absolute Gasteiger partial charge is 0.416 e. The average molecular weight is 272 g/mol. The van der Waals surface area contributed by atoms with E-state index in [1.165, 1.54) is 12.1 Å². The predicted molar refractivity (Wildman–Crippen MR) is 64.8 cm³/mol. The van der Waals surface area contributed by atoms with Gasteiger partial charge in [-0.3, -0.25) is 4.79 Å². The maximum Gasteiger partial charge on any atom is 0.416 e. The van der Waals surface area contributed by atoms with Crippen molar-refractivity contribution in [3.63, 3.8) is 0 Å². The van der Waals surface area contributed by atoms with Gasteiger partial charge in [-0.15, -0.1) is 0 Å². The topological polar surface area (TPSA) is 32.3 Å². The second kappa shape index (κ2) is 5.21. The van der Waals surface area contributed by atoms with Gasteiger partial charge in [0.05, 0.1) is 5.56 Å². The van der Waals surface area contributed by atoms with Crippen LogP contribution in [0.4, 0.5) is 13.2 Å². The molecular weight excluding hydrogens is 257 g/mol. The minimum atomic E-state index is -4.37. The summed E-state index contributed by atoms with van der Waals surface area (Å²) in [5, 5.41) is 3.15. The Morgan fingerprint density at radius 2 is 1.95 bits per heavy atom. The molecule has 2 rings (SSSR count). The molecule has 0 saturated carbocycles. The van der Waals surface area contributed by atoms with E-state index in [1.54, 1.807) is 11.9 Å². The molecule has 6 heteroatoms. The Morgan fingerprint density at radius 3 is 2.42 bits per heavy atom. The number of amides is 1. The lowest BCUT2D eigenvalue weighted by Crippen LogP contribution is -2.38. The number of benzene rings is 1. The van der Waals surface area contributed by atoms with E-state index in [0.717, 1.165) is 31.6 Å². The van der Waals surface area contributed by atoms with Crippen molar-refractivity contribution in [1.82, 2.24) is 10.2 Å². The number of hydrogen-bond acceptors (Lipinski definition) is 2. The maximum absolute atomic E-state index is 12.4. The number of hydrogen-bond donors (Lipinski definition) is 1. The van der Waals surface area contributed by atoms with Gasteiger partial charge < -0.3 is 10.2 Å². The van der Waals surface area contributed by atoms with E-state index in [1.807, 2.05) is 0 Å². The molecule has 1 heterocycles. The van der Waals surface area contributed by atoms with Gasteiger partial charge in [-0.2, -0.15) is 13.2 Å². The number of rotatable bonds is 2. The molecule has 1 saturated heterocycles. The second-order valence-corrected chi connectivity index (χ2v) is 4.64. The summed E-state index contributed by atoms with van der Waals surface area (Å²) in [7, 11) is 1.68. The Kier molecular flexibility index (Phi) is 3.80. The fourth-order valence-electron chi connectivity index (χ4n) is 2.14. The smallest absolute Gasteiger partial charge is 0.337 e. The zero-order valence-corrected chi connectivity index (χ0v) is 10.5. The van der Waals surface area contributed by atoms with Gasteiger partial charge in [0.15, 0.2) is 0 Å². The Bertz CT molecular complexity index is 450. The summed E-state index contributed by atoms with van der Waals surface area (Å²) < 4.78 is 37.3. The molecule has 0 spiro atoms. The number of alkyl halides is 3. The monoisotopic (exact) mass is 272 g/mol. The third-order valence-electron chi connectivity index (χ3n) is 3.36. The van der Waals surface area contributed by atoms with Crippen molar-refractivity contribution in [3.8, 4) is 0 Å². The van der Waals surface area contributed by atoms with Gasteiger partial charge in [-0.05, 0) is 37.2 Å². The molecule has 1 atom stereocenters. The summed E-state index contributed by atoms with van der Waals surface area (Å²) in [6, 6.07) is 4.44. The number of halogens is 3. The Hall–Kier alpha value is -1.56. The van der Waals surface area contributed by atoms with E-state index < -0.39 is 11.7 Å². The first-order chi connectivity index (χ1) is 8.89. The van der Waals surface area contributed by atoms with Crippen LogP contribution in [0.15, 0.2) is 24.3 Å². The fourth-order valence-corrected chi connectivity index (χ4v) is 2.14. The highest BCUT2D eigenvalue weighted by molar-refractivity contribution is 5.94. The van der Waals surface area contributed by atoms with Crippen molar-refractivity contribution in [2.45, 2.75) is 18.6 Å². The first-order valence-corrected chi connectivity index (χ1v) is 6.05. The Morgan fingerprint density at radius 1 is 1.32 bits per heavy atom. The van der Waals surface area contributed by atoms with Crippen LogP contribution in [0.3, 0.4) is 0 Å². The van der Waals surface area contributed by atoms with Crippen molar-refractivity contribution in [2.24, 2.45) is 0 Å². The minimum absolute atomic E-state index is 0.106. The minimum Gasteiger partial charge on any atom is -0.337 e. The molecule has 1 amide bonds. The van der Waals surface area contributed by atoms with Crippen LogP contribution in [0.5, 0.6) is 0 Å². The molecule has 0 bridgehead atoms. The highest BCUT2D eigenvalue weighted by Crippen LogP contribution is 2.29. The fraction of sp³-hybridized carbons (Fsp3) is 0.462. The molecule has 19 heavy (non-hydrogen) atoms. The van der Waals surface area contributed by atoms with E-state index in [-0.39, 0.29) is 17.5 Å². The zero-order valence-electron chi connectivity index (χ0n) is 10.5. The van der Waals surface area contributed by atoms with Crippen LogP contribution >= 0.6 is 0 Å². The third-order valence-corrected chi connectivity index (χ3v) is 3.36. The third kappa shape index (κ3) is 3.07. The molecular formula is C13H15F3N2O. The molecule has 1 fully saturated rings. The van der Waals surface area contributed by atoms with E-state index in [0.29, 0.717) is 0 Å². The molecule has 3 nitrogen and oxygen atoms in total. The summed E-state index contributed by atoms with van der Waals surface area (Å²) >= 11 is 0. The van der Waals surface area contributed by atoms with E-state index in [4.69, 9.17) is 0 Å². The van der Waals surface area contributed by atoms with E-state index >= 15 is 0 Å². The van der Waals surface area contributed by atoms with Gasteiger partial charge in [-0.1, -0.05) is 0 Å². The molecule has 0 unspecified atom stereocenters. The summed E-state index contributed by atoms with van der Waals surface area (Å²) in [6.07, 6.45) is -3.51. The van der Waals surface area contributed by atoms with Gasteiger partial charge >= 0.3 is 6.18 Å². The van der Waals surface area contributed by atoms with Gasteiger partial charge in [0, 0.05) is 25.2 Å². The standard InChI is InChI=1S/C13H15F3N2O/c1-18(11-6-7-17-8-11)12(19)9-2-4-10(5-3-9)13(14,15)16/h2-5,11,17H,6-8H2,1H3/t11-/m1/s1. The molecule has 0 radical (unpaired) electrons. The highest BCUT2D eigenvalue weighted by Gasteiger charge is 2.30. The highest BCUT2D eigenvalue weighted by atomic mass is 19.4. The molecule has 0 aliphatic carbocycles. The van der Waals surface area contributed by atoms with Gasteiger partial charge in [0.2, 0.25) is 0 Å². The summed E-state index contributed by atoms with van der Waals surface area (Å²) in [6.45, 7) is 1.58. The van der Waals surface area contributed by atoms with Gasteiger partial charge in [0.1, 0.15) is 0 Å². The first-order valence-electron chi connectivity index (χ1n) is 6.05. The molecule has 1 aliphatic rings. The lowest BCUT2D eigenvalue weighted by molar-refractivity contribution is -0.137. The van der Waals surface area contributed by atoms with Crippen molar-refractivity contribution in [2.75, 3.05) is 20.1 Å². The molecule has 1 aliphatic heterocycles. The molecule has 104 valence electrons. The first kappa shape index (κ1) is 13.9. The van der Waals surface area contributed by atoms with Crippen molar-refractivity contribution >= 4 is 5.91 Å². The lowest BCUT2D eigenvalue weighted by Gasteiger charge is -2.23. The maximum atomic E-state index is 12.4. The molecule has 0 aromatic heterocycles. The lowest BCUT2D eigenvalue weighted by atomic mass is 10.1. The summed E-state index contributed by atoms with van der Waals surface area (Å²) in [5.74, 6) is -0.248. The van der Waals surface area contributed by atoms with Crippen LogP contribution in [-0.4, -0.2) is 37.0 Å². The van der Waals surface area contributed by atoms with Crippen molar-refractivity contribution in [1.29, 1.82) is 0 Å². The number of nitrogens with one attached hydrogen (secondary N) is 1. The summed E-state index contributed by atoms with van der Waals surface area (Å²) in [5.41, 5.74) is -0.461. The Labute approximate surface area is 109 Å². The van der Waals surface area contributed by atoms with Crippen LogP contribution in [0, 0.1) is 0 Å². The Balaban J connectivity index is 2.11. The quantitative estimate of drug-likeness (QED) is 0.894. The molecule has 1 aromatic rings. The van der Waals surface area contributed by atoms with Crippen molar-refractivity contribution < 1.29 is 18.0 Å². The number of nitrogens with zero attached hydrogens (tertiary/aromatic N) is 1. The second-order valence-electron chi connectivity index (χ2n) is 4.64. The van der Waals surface area contributed by atoms with Crippen LogP contribution in [0.1, 0.15) is 22.3 Å². The van der Waals surface area contributed by atoms with E-state index in [9.17, 15) is 18.0 Å². The SMILES string of the molecule is CN(C(=O)c1ccc(C(F)(F)F)cc1)[C@@H]1CCNC1. The van der Waals surface area contributed by atoms with Crippen LogP contribution < -0.4 is 5.32 Å². The van der Waals surface area contributed by atoms with Gasteiger partial charge in [-0.25, -0.2) is 0 Å². The zero-order chi connectivity index (χ0) is 14.0. The number of carbonyl (C=O) groups excluding carboxylic acids is 1. The van der Waals surface area contributed by atoms with Crippen LogP contribution in [0.2, 0.25) is 0 Å². The normalized spacial score (nSPS) is 19.5. The number of likely N-dealkylation sites (N-methyl/N-ethyl adjacent to an activating group) is 1. The van der Waals surface area contributed by atoms with Crippen LogP contribution in [0.25, 0.3) is 0 Å².